The van der Waals surface area contributed by atoms with Crippen LogP contribution in [0.1, 0.15) is 11.1 Å². The van der Waals surface area contributed by atoms with E-state index in [1.54, 1.807) is 7.11 Å². The number of carbonyl (C=O) groups is 1. The fourth-order valence-electron chi connectivity index (χ4n) is 2.89. The van der Waals surface area contributed by atoms with Crippen molar-refractivity contribution in [2.24, 2.45) is 5.73 Å². The van der Waals surface area contributed by atoms with Crippen LogP contribution in [0.25, 0.3) is 0 Å². The number of nitrogens with two attached hydrogens (primary N) is 1. The second-order valence-corrected chi connectivity index (χ2v) is 5.42. The quantitative estimate of drug-likeness (QED) is 0.903. The zero-order chi connectivity index (χ0) is 14.9. The lowest BCUT2D eigenvalue weighted by atomic mass is 9.94. The molecule has 0 heterocycles. The number of amides is 1. The van der Waals surface area contributed by atoms with E-state index < -0.39 is 5.54 Å². The smallest absolute Gasteiger partial charge is 0.243 e. The van der Waals surface area contributed by atoms with Gasteiger partial charge in [0.1, 0.15) is 11.3 Å². The zero-order valence-electron chi connectivity index (χ0n) is 11.9. The Hall–Kier alpha value is -2.49. The van der Waals surface area contributed by atoms with Crippen molar-refractivity contribution in [3.63, 3.8) is 0 Å². The van der Waals surface area contributed by atoms with Gasteiger partial charge in [-0.05, 0) is 35.4 Å². The predicted octanol–water partition coefficient (Wildman–Crippen LogP) is 2.13. The van der Waals surface area contributed by atoms with E-state index >= 15 is 0 Å². The van der Waals surface area contributed by atoms with Crippen LogP contribution in [0, 0.1) is 0 Å². The molecule has 108 valence electrons. The first-order valence-electron chi connectivity index (χ1n) is 6.92. The highest BCUT2D eigenvalue weighted by molar-refractivity contribution is 5.90. The van der Waals surface area contributed by atoms with Gasteiger partial charge in [-0.1, -0.05) is 24.3 Å². The van der Waals surface area contributed by atoms with Crippen LogP contribution < -0.4 is 15.8 Å². The molecule has 2 aromatic rings. The van der Waals surface area contributed by atoms with E-state index in [0.29, 0.717) is 12.8 Å². The largest absolute Gasteiger partial charge is 0.497 e. The summed E-state index contributed by atoms with van der Waals surface area (Å²) in [5.74, 6) is 0.456. The second kappa shape index (κ2) is 5.13. The maximum absolute atomic E-state index is 12.1. The maximum Gasteiger partial charge on any atom is 0.243 e. The first-order chi connectivity index (χ1) is 10.1. The Bertz CT molecular complexity index is 640. The summed E-state index contributed by atoms with van der Waals surface area (Å²) in [5, 5.41) is 3.32. The Morgan fingerprint density at radius 3 is 2.14 bits per heavy atom. The number of hydrogen-bond acceptors (Lipinski definition) is 3. The summed E-state index contributed by atoms with van der Waals surface area (Å²) in [4.78, 5) is 12.1. The van der Waals surface area contributed by atoms with Gasteiger partial charge in [-0.2, -0.15) is 0 Å². The number of hydrogen-bond donors (Lipinski definition) is 2. The maximum atomic E-state index is 12.1. The normalized spacial score (nSPS) is 15.3. The highest BCUT2D eigenvalue weighted by Gasteiger charge is 2.42. The minimum Gasteiger partial charge on any atom is -0.497 e. The van der Waals surface area contributed by atoms with Crippen LogP contribution >= 0.6 is 0 Å². The van der Waals surface area contributed by atoms with E-state index in [1.165, 1.54) is 11.1 Å². The van der Waals surface area contributed by atoms with Gasteiger partial charge in [-0.25, -0.2) is 0 Å². The van der Waals surface area contributed by atoms with Gasteiger partial charge in [0.2, 0.25) is 5.91 Å². The zero-order valence-corrected chi connectivity index (χ0v) is 11.9. The fourth-order valence-corrected chi connectivity index (χ4v) is 2.89. The van der Waals surface area contributed by atoms with Crippen LogP contribution in [-0.2, 0) is 17.6 Å². The molecule has 1 aliphatic rings. The molecule has 21 heavy (non-hydrogen) atoms. The van der Waals surface area contributed by atoms with Crippen molar-refractivity contribution in [2.75, 3.05) is 12.4 Å². The van der Waals surface area contributed by atoms with E-state index in [1.807, 2.05) is 36.4 Å². The molecule has 0 spiro atoms. The first-order valence-corrected chi connectivity index (χ1v) is 6.92. The third-order valence-electron chi connectivity index (χ3n) is 4.05. The molecular formula is C17H18N2O2. The van der Waals surface area contributed by atoms with Crippen molar-refractivity contribution in [3.05, 3.63) is 59.7 Å². The Morgan fingerprint density at radius 1 is 1.10 bits per heavy atom. The molecule has 4 nitrogen and oxygen atoms in total. The standard InChI is InChI=1S/C17H18N2O2/c1-21-15-8-6-14(7-9-15)19-17(16(18)20)10-12-4-2-3-5-13(12)11-17/h2-9,19H,10-11H2,1H3,(H2,18,20). The third-order valence-corrected chi connectivity index (χ3v) is 4.05. The third kappa shape index (κ3) is 2.44. The molecule has 0 bridgehead atoms. The lowest BCUT2D eigenvalue weighted by molar-refractivity contribution is -0.122. The van der Waals surface area contributed by atoms with Crippen LogP contribution in [0.15, 0.2) is 48.5 Å². The highest BCUT2D eigenvalue weighted by Crippen LogP contribution is 2.33. The van der Waals surface area contributed by atoms with E-state index in [4.69, 9.17) is 10.5 Å². The number of fused-ring (bicyclic) bond motifs is 1. The molecule has 0 saturated carbocycles. The van der Waals surface area contributed by atoms with Crippen molar-refractivity contribution in [1.82, 2.24) is 0 Å². The van der Waals surface area contributed by atoms with Crippen molar-refractivity contribution in [1.29, 1.82) is 0 Å². The Balaban J connectivity index is 1.88. The monoisotopic (exact) mass is 282 g/mol. The van der Waals surface area contributed by atoms with E-state index in [2.05, 4.69) is 17.4 Å². The van der Waals surface area contributed by atoms with Crippen molar-refractivity contribution in [2.45, 2.75) is 18.4 Å². The average molecular weight is 282 g/mol. The lowest BCUT2D eigenvalue weighted by Gasteiger charge is -2.28. The Morgan fingerprint density at radius 2 is 1.67 bits per heavy atom. The molecule has 0 fully saturated rings. The number of anilines is 1. The molecule has 1 aliphatic carbocycles. The number of ether oxygens (including phenoxy) is 1. The van der Waals surface area contributed by atoms with Crippen molar-refractivity contribution < 1.29 is 9.53 Å². The number of carbonyl (C=O) groups excluding carboxylic acids is 1. The minimum atomic E-state index is -0.752. The van der Waals surface area contributed by atoms with Gasteiger partial charge in [0.05, 0.1) is 7.11 Å². The SMILES string of the molecule is COc1ccc(NC2(C(N)=O)Cc3ccccc3C2)cc1. The molecule has 0 atom stereocenters. The fraction of sp³-hybridized carbons (Fsp3) is 0.235. The number of rotatable bonds is 4. The van der Waals surface area contributed by atoms with Crippen LogP contribution in [0.4, 0.5) is 5.69 Å². The van der Waals surface area contributed by atoms with Gasteiger partial charge in [0, 0.05) is 18.5 Å². The number of methoxy groups -OCH3 is 1. The van der Waals surface area contributed by atoms with E-state index in [0.717, 1.165) is 11.4 Å². The summed E-state index contributed by atoms with van der Waals surface area (Å²) in [6.45, 7) is 0. The Kier molecular flexibility index (Phi) is 3.29. The predicted molar refractivity (Wildman–Crippen MR) is 82.4 cm³/mol. The summed E-state index contributed by atoms with van der Waals surface area (Å²) in [7, 11) is 1.63. The van der Waals surface area contributed by atoms with Gasteiger partial charge < -0.3 is 15.8 Å². The van der Waals surface area contributed by atoms with E-state index in [-0.39, 0.29) is 5.91 Å². The van der Waals surface area contributed by atoms with Crippen LogP contribution in [0.3, 0.4) is 0 Å². The second-order valence-electron chi connectivity index (χ2n) is 5.42. The lowest BCUT2D eigenvalue weighted by Crippen LogP contribution is -2.51. The molecule has 3 rings (SSSR count). The Labute approximate surface area is 123 Å². The van der Waals surface area contributed by atoms with Gasteiger partial charge >= 0.3 is 0 Å². The van der Waals surface area contributed by atoms with Gasteiger partial charge in [-0.3, -0.25) is 4.79 Å². The average Bonchev–Trinajstić information content (AvgIpc) is 2.87. The van der Waals surface area contributed by atoms with Gasteiger partial charge in [0.25, 0.3) is 0 Å². The molecule has 0 aromatic heterocycles. The van der Waals surface area contributed by atoms with Crippen LogP contribution in [0.5, 0.6) is 5.75 Å². The summed E-state index contributed by atoms with van der Waals surface area (Å²) in [5.41, 5.74) is 8.16. The van der Waals surface area contributed by atoms with Crippen LogP contribution in [-0.4, -0.2) is 18.6 Å². The van der Waals surface area contributed by atoms with Gasteiger partial charge in [-0.15, -0.1) is 0 Å². The summed E-state index contributed by atoms with van der Waals surface area (Å²) in [6, 6.07) is 15.6. The molecule has 2 aromatic carbocycles. The molecule has 0 aliphatic heterocycles. The minimum absolute atomic E-state index is 0.325. The molecule has 0 saturated heterocycles. The number of nitrogens with one attached hydrogen (secondary N) is 1. The first kappa shape index (κ1) is 13.5. The summed E-state index contributed by atoms with van der Waals surface area (Å²) in [6.07, 6.45) is 1.23. The highest BCUT2D eigenvalue weighted by atomic mass is 16.5. The molecule has 3 N–H and O–H groups in total. The van der Waals surface area contributed by atoms with Crippen molar-refractivity contribution >= 4 is 11.6 Å². The number of primary amides is 1. The van der Waals surface area contributed by atoms with Crippen molar-refractivity contribution in [3.8, 4) is 5.75 Å². The molecule has 0 unspecified atom stereocenters. The summed E-state index contributed by atoms with van der Waals surface area (Å²) < 4.78 is 5.14. The van der Waals surface area contributed by atoms with E-state index in [9.17, 15) is 4.79 Å². The molecule has 4 heteroatoms. The topological polar surface area (TPSA) is 64.3 Å². The van der Waals surface area contributed by atoms with Gasteiger partial charge in [0.15, 0.2) is 0 Å². The molecule has 1 amide bonds. The number of benzene rings is 2. The summed E-state index contributed by atoms with van der Waals surface area (Å²) >= 11 is 0. The molecular weight excluding hydrogens is 264 g/mol. The molecule has 0 radical (unpaired) electrons. The van der Waals surface area contributed by atoms with Crippen LogP contribution in [0.2, 0.25) is 0 Å².